The molecule has 0 spiro atoms. The van der Waals surface area contributed by atoms with Crippen molar-refractivity contribution in [3.63, 3.8) is 0 Å². The molecule has 0 amide bonds. The van der Waals surface area contributed by atoms with Gasteiger partial charge in [0.2, 0.25) is 0 Å². The van der Waals surface area contributed by atoms with Gasteiger partial charge < -0.3 is 9.47 Å². The molecule has 0 saturated heterocycles. The van der Waals surface area contributed by atoms with Crippen LogP contribution in [0.15, 0.2) is 30.5 Å². The van der Waals surface area contributed by atoms with E-state index in [1.807, 2.05) is 12.1 Å². The van der Waals surface area contributed by atoms with Gasteiger partial charge in [-0.15, -0.1) is 0 Å². The summed E-state index contributed by atoms with van der Waals surface area (Å²) in [4.78, 5) is 11.5. The fourth-order valence-electron chi connectivity index (χ4n) is 2.01. The predicted molar refractivity (Wildman–Crippen MR) is 82.0 cm³/mol. The monoisotopic (exact) mass is 318 g/mol. The zero-order chi connectivity index (χ0) is 15.5. The second kappa shape index (κ2) is 6.32. The van der Waals surface area contributed by atoms with Gasteiger partial charge in [0.25, 0.3) is 0 Å². The Morgan fingerprint density at radius 1 is 1.36 bits per heavy atom. The summed E-state index contributed by atoms with van der Waals surface area (Å²) in [5.74, 6) is 0.874. The largest absolute Gasteiger partial charge is 0.492 e. The maximum Gasteiger partial charge on any atom is 0.339 e. The van der Waals surface area contributed by atoms with E-state index in [9.17, 15) is 4.79 Å². The van der Waals surface area contributed by atoms with Crippen LogP contribution in [0.5, 0.6) is 5.75 Å². The highest BCUT2D eigenvalue weighted by Crippen LogP contribution is 2.33. The number of ether oxygens (including phenoxy) is 2. The highest BCUT2D eigenvalue weighted by Gasteiger charge is 2.22. The van der Waals surface area contributed by atoms with Crippen molar-refractivity contribution in [2.45, 2.75) is 12.8 Å². The van der Waals surface area contributed by atoms with Crippen LogP contribution in [0.3, 0.4) is 0 Å². The molecule has 1 aliphatic rings. The number of carbonyl (C=O) groups excluding carboxylic acids is 1. The van der Waals surface area contributed by atoms with E-state index in [1.54, 1.807) is 12.1 Å². The van der Waals surface area contributed by atoms with Gasteiger partial charge in [0.1, 0.15) is 5.75 Å². The number of esters is 1. The van der Waals surface area contributed by atoms with Crippen LogP contribution in [0.2, 0.25) is 5.02 Å². The molecule has 0 aliphatic heterocycles. The molecule has 114 valence electrons. The molecule has 1 heterocycles. The second-order valence-corrected chi connectivity index (χ2v) is 5.63. The lowest BCUT2D eigenvalue weighted by Crippen LogP contribution is -2.03. The van der Waals surface area contributed by atoms with E-state index in [-0.39, 0.29) is 0 Å². The van der Waals surface area contributed by atoms with Gasteiger partial charge in [-0.3, -0.25) is 0 Å². The molecule has 0 unspecified atom stereocenters. The van der Waals surface area contributed by atoms with E-state index >= 15 is 0 Å². The van der Waals surface area contributed by atoms with Crippen molar-refractivity contribution in [1.29, 1.82) is 0 Å². The first-order valence-electron chi connectivity index (χ1n) is 7.01. The van der Waals surface area contributed by atoms with E-state index in [4.69, 9.17) is 16.3 Å². The van der Waals surface area contributed by atoms with Crippen LogP contribution >= 0.6 is 11.6 Å². The molecular formula is C16H15ClN2O3. The predicted octanol–water partition coefficient (Wildman–Crippen LogP) is 3.37. The van der Waals surface area contributed by atoms with Crippen molar-refractivity contribution in [2.75, 3.05) is 13.7 Å². The molecule has 1 aromatic heterocycles. The topological polar surface area (TPSA) is 61.3 Å². The minimum absolute atomic E-state index is 0.345. The Morgan fingerprint density at radius 3 is 2.86 bits per heavy atom. The van der Waals surface area contributed by atoms with Gasteiger partial charge in [0.05, 0.1) is 36.2 Å². The Hall–Kier alpha value is -2.14. The number of hydrogen-bond acceptors (Lipinski definition) is 5. The van der Waals surface area contributed by atoms with Gasteiger partial charge in [-0.25, -0.2) is 4.79 Å². The summed E-state index contributed by atoms with van der Waals surface area (Å²) in [5.41, 5.74) is 1.67. The quantitative estimate of drug-likeness (QED) is 0.791. The van der Waals surface area contributed by atoms with Crippen molar-refractivity contribution >= 4 is 17.6 Å². The first kappa shape index (κ1) is 14.8. The van der Waals surface area contributed by atoms with Crippen molar-refractivity contribution in [2.24, 2.45) is 5.92 Å². The van der Waals surface area contributed by atoms with Crippen molar-refractivity contribution in [1.82, 2.24) is 10.2 Å². The molecule has 1 fully saturated rings. The molecule has 1 aliphatic carbocycles. The number of hydrogen-bond donors (Lipinski definition) is 0. The van der Waals surface area contributed by atoms with Crippen molar-refractivity contribution in [3.05, 3.63) is 41.0 Å². The standard InChI is InChI=1S/C16H15ClN2O3/c1-21-16(20)12-7-14(19-18-8-12)11-4-5-15(13(17)6-11)22-9-10-2-3-10/h4-8,10H,2-3,9H2,1H3. The number of aromatic nitrogens is 2. The van der Waals surface area contributed by atoms with Crippen LogP contribution in [0, 0.1) is 5.92 Å². The van der Waals surface area contributed by atoms with Gasteiger partial charge in [-0.05, 0) is 43.0 Å². The van der Waals surface area contributed by atoms with Crippen LogP contribution in [-0.4, -0.2) is 29.9 Å². The fourth-order valence-corrected chi connectivity index (χ4v) is 2.24. The number of nitrogens with zero attached hydrogens (tertiary/aromatic N) is 2. The van der Waals surface area contributed by atoms with Gasteiger partial charge in [0, 0.05) is 5.56 Å². The summed E-state index contributed by atoms with van der Waals surface area (Å²) in [6, 6.07) is 7.04. The molecule has 0 N–H and O–H groups in total. The van der Waals surface area contributed by atoms with Gasteiger partial charge >= 0.3 is 5.97 Å². The first-order chi connectivity index (χ1) is 10.7. The number of benzene rings is 1. The molecule has 1 aromatic carbocycles. The molecule has 0 radical (unpaired) electrons. The van der Waals surface area contributed by atoms with Gasteiger partial charge in [0.15, 0.2) is 0 Å². The summed E-state index contributed by atoms with van der Waals surface area (Å²) >= 11 is 6.25. The summed E-state index contributed by atoms with van der Waals surface area (Å²) in [6.45, 7) is 0.705. The second-order valence-electron chi connectivity index (χ2n) is 5.22. The highest BCUT2D eigenvalue weighted by molar-refractivity contribution is 6.32. The molecular weight excluding hydrogens is 304 g/mol. The van der Waals surface area contributed by atoms with E-state index in [1.165, 1.54) is 26.1 Å². The minimum Gasteiger partial charge on any atom is -0.492 e. The first-order valence-corrected chi connectivity index (χ1v) is 7.39. The molecule has 1 saturated carbocycles. The minimum atomic E-state index is -0.452. The average molecular weight is 319 g/mol. The van der Waals surface area contributed by atoms with Crippen LogP contribution < -0.4 is 4.74 Å². The normalized spacial score (nSPS) is 13.7. The number of rotatable bonds is 5. The third kappa shape index (κ3) is 3.36. The summed E-state index contributed by atoms with van der Waals surface area (Å²) < 4.78 is 10.4. The Balaban J connectivity index is 1.82. The summed E-state index contributed by atoms with van der Waals surface area (Å²) in [7, 11) is 1.32. The maximum atomic E-state index is 11.5. The van der Waals surface area contributed by atoms with E-state index in [0.29, 0.717) is 34.6 Å². The van der Waals surface area contributed by atoms with Gasteiger partial charge in [-0.2, -0.15) is 10.2 Å². The van der Waals surface area contributed by atoms with E-state index in [0.717, 1.165) is 5.56 Å². The lowest BCUT2D eigenvalue weighted by Gasteiger charge is -2.09. The molecule has 5 nitrogen and oxygen atoms in total. The van der Waals surface area contributed by atoms with Crippen LogP contribution in [0.4, 0.5) is 0 Å². The van der Waals surface area contributed by atoms with Crippen molar-refractivity contribution in [3.8, 4) is 17.0 Å². The fraction of sp³-hybridized carbons (Fsp3) is 0.312. The maximum absolute atomic E-state index is 11.5. The zero-order valence-corrected chi connectivity index (χ0v) is 12.8. The lowest BCUT2D eigenvalue weighted by molar-refractivity contribution is 0.0600. The molecule has 0 bridgehead atoms. The number of methoxy groups -OCH3 is 1. The molecule has 22 heavy (non-hydrogen) atoms. The van der Waals surface area contributed by atoms with E-state index < -0.39 is 5.97 Å². The Morgan fingerprint density at radius 2 is 2.18 bits per heavy atom. The third-order valence-corrected chi connectivity index (χ3v) is 3.77. The lowest BCUT2D eigenvalue weighted by atomic mass is 10.1. The van der Waals surface area contributed by atoms with Crippen LogP contribution in [-0.2, 0) is 4.74 Å². The average Bonchev–Trinajstić information content (AvgIpc) is 3.37. The molecule has 2 aromatic rings. The smallest absolute Gasteiger partial charge is 0.339 e. The molecule has 3 rings (SSSR count). The van der Waals surface area contributed by atoms with Crippen LogP contribution in [0.1, 0.15) is 23.2 Å². The Kier molecular flexibility index (Phi) is 4.24. The van der Waals surface area contributed by atoms with Crippen LogP contribution in [0.25, 0.3) is 11.3 Å². The summed E-state index contributed by atoms with van der Waals surface area (Å²) in [6.07, 6.45) is 3.82. The van der Waals surface area contributed by atoms with E-state index in [2.05, 4.69) is 14.9 Å². The number of carbonyl (C=O) groups is 1. The Bertz CT molecular complexity index is 702. The number of halogens is 1. The zero-order valence-electron chi connectivity index (χ0n) is 12.1. The SMILES string of the molecule is COC(=O)c1cnnc(-c2ccc(OCC3CC3)c(Cl)c2)c1. The summed E-state index contributed by atoms with van der Waals surface area (Å²) in [5, 5.41) is 8.37. The van der Waals surface area contributed by atoms with Gasteiger partial charge in [-0.1, -0.05) is 11.6 Å². The Labute approximate surface area is 133 Å². The highest BCUT2D eigenvalue weighted by atomic mass is 35.5. The molecule has 6 heteroatoms. The third-order valence-electron chi connectivity index (χ3n) is 3.47. The van der Waals surface area contributed by atoms with Crippen molar-refractivity contribution < 1.29 is 14.3 Å². The molecule has 0 atom stereocenters.